The Kier molecular flexibility index (Phi) is 6.23. The zero-order valence-corrected chi connectivity index (χ0v) is 19.1. The van der Waals surface area contributed by atoms with E-state index in [9.17, 15) is 13.6 Å². The van der Waals surface area contributed by atoms with E-state index in [-0.39, 0.29) is 29.9 Å². The van der Waals surface area contributed by atoms with Gasteiger partial charge in [-0.3, -0.25) is 4.79 Å². The minimum absolute atomic E-state index is 0.141. The first-order chi connectivity index (χ1) is 16.6. The van der Waals surface area contributed by atoms with Crippen LogP contribution in [0.15, 0.2) is 95.8 Å². The van der Waals surface area contributed by atoms with E-state index >= 15 is 0 Å². The number of carbonyl (C=O) groups is 1. The zero-order valence-electron chi connectivity index (χ0n) is 18.2. The molecule has 3 aromatic carbocycles. The predicted molar refractivity (Wildman–Crippen MR) is 133 cm³/mol. The molecule has 0 fully saturated rings. The number of halogens is 2. The number of fused-ring (bicyclic) bond motifs is 1. The van der Waals surface area contributed by atoms with Crippen molar-refractivity contribution >= 4 is 33.8 Å². The van der Waals surface area contributed by atoms with E-state index in [1.54, 1.807) is 35.6 Å². The second kappa shape index (κ2) is 9.61. The van der Waals surface area contributed by atoms with Gasteiger partial charge >= 0.3 is 0 Å². The van der Waals surface area contributed by atoms with Gasteiger partial charge in [-0.25, -0.2) is 8.78 Å². The van der Waals surface area contributed by atoms with Crippen LogP contribution in [0.5, 0.6) is 0 Å². The largest absolute Gasteiger partial charge is 0.343 e. The maximum Gasteiger partial charge on any atom is 0.225 e. The van der Waals surface area contributed by atoms with Gasteiger partial charge in [0.15, 0.2) is 0 Å². The summed E-state index contributed by atoms with van der Waals surface area (Å²) in [5.74, 6) is -0.890. The lowest BCUT2D eigenvalue weighted by Crippen LogP contribution is -2.16. The quantitative estimate of drug-likeness (QED) is 0.267. The Balaban J connectivity index is 1.49. The fourth-order valence-corrected chi connectivity index (χ4v) is 5.00. The fourth-order valence-electron chi connectivity index (χ4n) is 4.28. The number of anilines is 1. The maximum absolute atomic E-state index is 13.4. The van der Waals surface area contributed by atoms with Crippen LogP contribution in [0, 0.1) is 11.6 Å². The monoisotopic (exact) mass is 472 g/mol. The van der Waals surface area contributed by atoms with Crippen LogP contribution < -0.4 is 5.32 Å². The number of hydrogen-bond donors (Lipinski definition) is 1. The summed E-state index contributed by atoms with van der Waals surface area (Å²) in [7, 11) is 0. The van der Waals surface area contributed by atoms with Crippen molar-refractivity contribution in [3.8, 4) is 0 Å². The number of para-hydroxylation sites is 1. The van der Waals surface area contributed by atoms with Crippen LogP contribution in [-0.2, 0) is 11.3 Å². The number of aromatic nitrogens is 1. The molecule has 1 atom stereocenters. The highest BCUT2D eigenvalue weighted by Crippen LogP contribution is 2.36. The third-order valence-corrected chi connectivity index (χ3v) is 6.63. The zero-order chi connectivity index (χ0) is 23.5. The van der Waals surface area contributed by atoms with Crippen molar-refractivity contribution in [2.45, 2.75) is 18.9 Å². The van der Waals surface area contributed by atoms with Crippen LogP contribution in [0.4, 0.5) is 14.5 Å². The van der Waals surface area contributed by atoms with Gasteiger partial charge in [0.25, 0.3) is 0 Å². The number of carbonyl (C=O) groups excluding carboxylic acids is 1. The number of amides is 1. The third kappa shape index (κ3) is 4.77. The van der Waals surface area contributed by atoms with E-state index in [0.29, 0.717) is 12.2 Å². The molecule has 2 heterocycles. The molecule has 34 heavy (non-hydrogen) atoms. The Labute approximate surface area is 200 Å². The normalized spacial score (nSPS) is 12.1. The third-order valence-electron chi connectivity index (χ3n) is 5.92. The fraction of sp³-hybridized carbons (Fsp3) is 0.107. The molecule has 2 aromatic heterocycles. The van der Waals surface area contributed by atoms with Crippen LogP contribution in [0.3, 0.4) is 0 Å². The van der Waals surface area contributed by atoms with Crippen LogP contribution >= 0.6 is 11.3 Å². The van der Waals surface area contributed by atoms with E-state index in [1.165, 1.54) is 24.3 Å². The lowest BCUT2D eigenvalue weighted by molar-refractivity contribution is -0.116. The van der Waals surface area contributed by atoms with E-state index in [0.717, 1.165) is 27.6 Å². The summed E-state index contributed by atoms with van der Waals surface area (Å²) in [6, 6.07) is 22.5. The highest BCUT2D eigenvalue weighted by molar-refractivity contribution is 7.08. The summed E-state index contributed by atoms with van der Waals surface area (Å²) in [5.41, 5.74) is 4.75. The van der Waals surface area contributed by atoms with Crippen LogP contribution in [0.25, 0.3) is 10.9 Å². The molecule has 5 aromatic rings. The molecule has 0 bridgehead atoms. The minimum atomic E-state index is -0.344. The Morgan fingerprint density at radius 2 is 1.62 bits per heavy atom. The highest BCUT2D eigenvalue weighted by Gasteiger charge is 2.23. The van der Waals surface area contributed by atoms with Crippen molar-refractivity contribution in [2.24, 2.45) is 0 Å². The van der Waals surface area contributed by atoms with E-state index in [1.807, 2.05) is 23.6 Å². The average Bonchev–Trinajstić information content (AvgIpc) is 3.50. The van der Waals surface area contributed by atoms with Gasteiger partial charge in [-0.15, -0.1) is 0 Å². The number of nitrogens with zero attached hydrogens (tertiary/aromatic N) is 1. The van der Waals surface area contributed by atoms with Crippen LogP contribution in [0.1, 0.15) is 29.0 Å². The van der Waals surface area contributed by atoms with E-state index < -0.39 is 0 Å². The second-order valence-corrected chi connectivity index (χ2v) is 9.00. The van der Waals surface area contributed by atoms with Crippen LogP contribution in [-0.4, -0.2) is 10.5 Å². The molecular formula is C28H22F2N2OS. The lowest BCUT2D eigenvalue weighted by atomic mass is 9.89. The molecule has 0 spiro atoms. The molecule has 0 radical (unpaired) electrons. The number of benzene rings is 3. The van der Waals surface area contributed by atoms with Crippen molar-refractivity contribution in [1.29, 1.82) is 0 Å². The summed E-state index contributed by atoms with van der Waals surface area (Å²) in [6.45, 7) is 0.596. The summed E-state index contributed by atoms with van der Waals surface area (Å²) in [5, 5.41) is 8.05. The lowest BCUT2D eigenvalue weighted by Gasteiger charge is -2.16. The SMILES string of the molecule is O=C(CC(c1ccsc1)c1cn(Cc2ccc(F)cc2)c2ccccc12)Nc1ccc(F)cc1. The topological polar surface area (TPSA) is 34.0 Å². The molecule has 0 aliphatic carbocycles. The van der Waals surface area contributed by atoms with Crippen LogP contribution in [0.2, 0.25) is 0 Å². The van der Waals surface area contributed by atoms with Gasteiger partial charge in [0, 0.05) is 41.7 Å². The van der Waals surface area contributed by atoms with E-state index in [4.69, 9.17) is 0 Å². The maximum atomic E-state index is 13.4. The molecule has 5 rings (SSSR count). The summed E-state index contributed by atoms with van der Waals surface area (Å²) in [6.07, 6.45) is 2.35. The molecule has 3 nitrogen and oxygen atoms in total. The summed E-state index contributed by atoms with van der Waals surface area (Å²) < 4.78 is 28.8. The molecular weight excluding hydrogens is 450 g/mol. The average molecular weight is 473 g/mol. The first-order valence-electron chi connectivity index (χ1n) is 11.0. The van der Waals surface area contributed by atoms with Crippen molar-refractivity contribution < 1.29 is 13.6 Å². The predicted octanol–water partition coefficient (Wildman–Crippen LogP) is 7.19. The molecule has 6 heteroatoms. The van der Waals surface area contributed by atoms with Gasteiger partial charge < -0.3 is 9.88 Å². The molecule has 1 amide bonds. The molecule has 1 N–H and O–H groups in total. The Morgan fingerprint density at radius 1 is 0.912 bits per heavy atom. The Bertz CT molecular complexity index is 1410. The van der Waals surface area contributed by atoms with Gasteiger partial charge in [0.1, 0.15) is 11.6 Å². The van der Waals surface area contributed by atoms with Crippen molar-refractivity contribution in [1.82, 2.24) is 4.57 Å². The molecule has 0 saturated heterocycles. The minimum Gasteiger partial charge on any atom is -0.343 e. The standard InChI is InChI=1S/C28H22F2N2OS/c29-21-7-5-19(6-8-21)16-32-17-26(24-3-1-2-4-27(24)32)25(20-13-14-34-18-20)15-28(33)31-23-11-9-22(30)10-12-23/h1-14,17-18,25H,15-16H2,(H,31,33). The number of hydrogen-bond acceptors (Lipinski definition) is 2. The van der Waals surface area contributed by atoms with Gasteiger partial charge in [0.2, 0.25) is 5.91 Å². The van der Waals surface area contributed by atoms with Gasteiger partial charge in [-0.2, -0.15) is 11.3 Å². The number of rotatable bonds is 7. The van der Waals surface area contributed by atoms with Crippen molar-refractivity contribution in [3.63, 3.8) is 0 Å². The number of thiophene rings is 1. The molecule has 0 aliphatic heterocycles. The van der Waals surface area contributed by atoms with Crippen molar-refractivity contribution in [2.75, 3.05) is 5.32 Å². The first kappa shape index (κ1) is 22.0. The summed E-state index contributed by atoms with van der Waals surface area (Å²) >= 11 is 1.60. The van der Waals surface area contributed by atoms with Crippen molar-refractivity contribution in [3.05, 3.63) is 124 Å². The second-order valence-electron chi connectivity index (χ2n) is 8.22. The summed E-state index contributed by atoms with van der Waals surface area (Å²) in [4.78, 5) is 13.0. The van der Waals surface area contributed by atoms with E-state index in [2.05, 4.69) is 33.6 Å². The number of nitrogens with one attached hydrogen (secondary N) is 1. The van der Waals surface area contributed by atoms with Gasteiger partial charge in [-0.05, 0) is 76.0 Å². The van der Waals surface area contributed by atoms with Gasteiger partial charge in [-0.1, -0.05) is 30.3 Å². The molecule has 1 unspecified atom stereocenters. The molecule has 0 aliphatic rings. The highest BCUT2D eigenvalue weighted by atomic mass is 32.1. The Morgan fingerprint density at radius 3 is 2.32 bits per heavy atom. The smallest absolute Gasteiger partial charge is 0.225 e. The molecule has 170 valence electrons. The Hall–Kier alpha value is -3.77. The first-order valence-corrected chi connectivity index (χ1v) is 11.9. The van der Waals surface area contributed by atoms with Gasteiger partial charge in [0.05, 0.1) is 0 Å². The molecule has 0 saturated carbocycles.